The van der Waals surface area contributed by atoms with Gasteiger partial charge in [0.05, 0.1) is 34.5 Å². The van der Waals surface area contributed by atoms with Gasteiger partial charge in [0.2, 0.25) is 5.91 Å². The second-order valence-electron chi connectivity index (χ2n) is 5.77. The molecule has 0 radical (unpaired) electrons. The molecule has 0 bridgehead atoms. The fourth-order valence-electron chi connectivity index (χ4n) is 2.50. The Morgan fingerprint density at radius 2 is 2.09 bits per heavy atom. The van der Waals surface area contributed by atoms with Crippen molar-refractivity contribution in [1.82, 2.24) is 24.5 Å². The normalized spacial score (nSPS) is 12.7. The van der Waals surface area contributed by atoms with Crippen molar-refractivity contribution >= 4 is 28.5 Å². The highest BCUT2D eigenvalue weighted by Gasteiger charge is 2.18. The number of hydrogen-bond acceptors (Lipinski definition) is 5. The van der Waals surface area contributed by atoms with Crippen LogP contribution in [0.1, 0.15) is 43.3 Å². The lowest BCUT2D eigenvalue weighted by atomic mass is 10.1. The molecule has 2 heterocycles. The molecular formula is C16H19N5OS. The maximum absolute atomic E-state index is 12.5. The minimum Gasteiger partial charge on any atom is -0.349 e. The van der Waals surface area contributed by atoms with Crippen molar-refractivity contribution in [2.75, 3.05) is 0 Å². The van der Waals surface area contributed by atoms with Crippen LogP contribution in [-0.4, -0.2) is 25.0 Å². The van der Waals surface area contributed by atoms with E-state index in [-0.39, 0.29) is 11.9 Å². The van der Waals surface area contributed by atoms with Crippen molar-refractivity contribution in [1.29, 1.82) is 0 Å². The van der Waals surface area contributed by atoms with Crippen LogP contribution < -0.4 is 5.32 Å². The summed E-state index contributed by atoms with van der Waals surface area (Å²) in [5.41, 5.74) is 2.80. The zero-order valence-corrected chi connectivity index (χ0v) is 14.2. The van der Waals surface area contributed by atoms with Crippen LogP contribution in [0.25, 0.3) is 11.0 Å². The number of nitrogens with one attached hydrogen (secondary N) is 1. The molecule has 120 valence electrons. The third kappa shape index (κ3) is 3.10. The Labute approximate surface area is 138 Å². The molecular weight excluding hydrogens is 310 g/mol. The summed E-state index contributed by atoms with van der Waals surface area (Å²) in [6.45, 7) is 6.48. The first-order valence-electron chi connectivity index (χ1n) is 7.58. The maximum Gasteiger partial charge on any atom is 0.243 e. The van der Waals surface area contributed by atoms with Gasteiger partial charge in [0.1, 0.15) is 6.04 Å². The second-order valence-corrected chi connectivity index (χ2v) is 6.61. The van der Waals surface area contributed by atoms with Crippen molar-refractivity contribution in [2.24, 2.45) is 0 Å². The first-order valence-corrected chi connectivity index (χ1v) is 8.35. The largest absolute Gasteiger partial charge is 0.349 e. The van der Waals surface area contributed by atoms with E-state index in [1.807, 2.05) is 35.8 Å². The van der Waals surface area contributed by atoms with Gasteiger partial charge in [-0.3, -0.25) is 4.79 Å². The average molecular weight is 329 g/mol. The van der Waals surface area contributed by atoms with Gasteiger partial charge in [-0.25, -0.2) is 4.98 Å². The molecule has 6 nitrogen and oxygen atoms in total. The van der Waals surface area contributed by atoms with Crippen LogP contribution in [0.3, 0.4) is 0 Å². The molecule has 0 fully saturated rings. The number of carbonyl (C=O) groups excluding carboxylic acids is 1. The molecule has 23 heavy (non-hydrogen) atoms. The van der Waals surface area contributed by atoms with E-state index in [2.05, 4.69) is 33.7 Å². The quantitative estimate of drug-likeness (QED) is 0.781. The third-order valence-electron chi connectivity index (χ3n) is 3.83. The van der Waals surface area contributed by atoms with E-state index in [1.165, 1.54) is 11.5 Å². The van der Waals surface area contributed by atoms with Crippen molar-refractivity contribution in [3.05, 3.63) is 41.2 Å². The van der Waals surface area contributed by atoms with Gasteiger partial charge >= 0.3 is 0 Å². The van der Waals surface area contributed by atoms with E-state index in [0.717, 1.165) is 21.6 Å². The molecule has 0 aliphatic rings. The summed E-state index contributed by atoms with van der Waals surface area (Å²) in [5.74, 6) is 0.256. The molecule has 0 saturated heterocycles. The minimum atomic E-state index is -0.328. The van der Waals surface area contributed by atoms with Gasteiger partial charge in [0, 0.05) is 0 Å². The second kappa shape index (κ2) is 6.45. The van der Waals surface area contributed by atoms with Crippen LogP contribution in [0.5, 0.6) is 0 Å². The SMILES string of the molecule is CC(C)c1nnsc1CNC(=O)[C@@H](C)n1cnc2ccccc21. The fraction of sp³-hybridized carbons (Fsp3) is 0.375. The zero-order valence-electron chi connectivity index (χ0n) is 13.4. The van der Waals surface area contributed by atoms with Gasteiger partial charge < -0.3 is 9.88 Å². The number of aromatic nitrogens is 4. The molecule has 0 saturated carbocycles. The summed E-state index contributed by atoms with van der Waals surface area (Å²) in [5, 5.41) is 7.11. The molecule has 1 N–H and O–H groups in total. The number of rotatable bonds is 5. The third-order valence-corrected chi connectivity index (χ3v) is 4.57. The number of hydrogen-bond donors (Lipinski definition) is 1. The van der Waals surface area contributed by atoms with Gasteiger partial charge in [-0.05, 0) is 36.5 Å². The lowest BCUT2D eigenvalue weighted by Gasteiger charge is -2.14. The van der Waals surface area contributed by atoms with E-state index in [9.17, 15) is 4.79 Å². The van der Waals surface area contributed by atoms with Gasteiger partial charge in [0.15, 0.2) is 0 Å². The van der Waals surface area contributed by atoms with E-state index in [0.29, 0.717) is 12.5 Å². The van der Waals surface area contributed by atoms with Crippen molar-refractivity contribution in [3.8, 4) is 0 Å². The highest BCUT2D eigenvalue weighted by atomic mass is 32.1. The van der Waals surface area contributed by atoms with Crippen molar-refractivity contribution in [3.63, 3.8) is 0 Å². The Hall–Kier alpha value is -2.28. The summed E-state index contributed by atoms with van der Waals surface area (Å²) in [6.07, 6.45) is 1.71. The van der Waals surface area contributed by atoms with Gasteiger partial charge in [-0.1, -0.05) is 30.5 Å². The number of nitrogens with zero attached hydrogens (tertiary/aromatic N) is 4. The summed E-state index contributed by atoms with van der Waals surface area (Å²) < 4.78 is 5.87. The van der Waals surface area contributed by atoms with E-state index in [1.54, 1.807) is 6.33 Å². The fourth-order valence-corrected chi connectivity index (χ4v) is 3.24. The number of para-hydroxylation sites is 2. The highest BCUT2D eigenvalue weighted by molar-refractivity contribution is 7.05. The monoisotopic (exact) mass is 329 g/mol. The molecule has 2 aromatic heterocycles. The lowest BCUT2D eigenvalue weighted by molar-refractivity contribution is -0.123. The molecule has 0 spiro atoms. The Bertz CT molecular complexity index is 823. The molecule has 3 aromatic rings. The Morgan fingerprint density at radius 3 is 2.87 bits per heavy atom. The van der Waals surface area contributed by atoms with E-state index in [4.69, 9.17) is 0 Å². The van der Waals surface area contributed by atoms with E-state index >= 15 is 0 Å². The summed E-state index contributed by atoms with van der Waals surface area (Å²) in [6, 6.07) is 7.47. The van der Waals surface area contributed by atoms with Crippen LogP contribution in [0.2, 0.25) is 0 Å². The predicted octanol–water partition coefficient (Wildman–Crippen LogP) is 2.89. The molecule has 7 heteroatoms. The lowest BCUT2D eigenvalue weighted by Crippen LogP contribution is -2.30. The molecule has 3 rings (SSSR count). The van der Waals surface area contributed by atoms with Crippen molar-refractivity contribution in [2.45, 2.75) is 39.3 Å². The molecule has 1 aromatic carbocycles. The number of fused-ring (bicyclic) bond motifs is 1. The standard InChI is InChI=1S/C16H19N5OS/c1-10(2)15-14(23-20-19-15)8-17-16(22)11(3)21-9-18-12-6-4-5-7-13(12)21/h4-7,9-11H,8H2,1-3H3,(H,17,22)/t11-/m1/s1. The Kier molecular flexibility index (Phi) is 4.38. The first-order chi connectivity index (χ1) is 11.1. The Morgan fingerprint density at radius 1 is 1.30 bits per heavy atom. The zero-order chi connectivity index (χ0) is 16.4. The molecule has 1 amide bonds. The van der Waals surface area contributed by atoms with Crippen LogP contribution in [0.4, 0.5) is 0 Å². The number of carbonyl (C=O) groups is 1. The highest BCUT2D eigenvalue weighted by Crippen LogP contribution is 2.20. The Balaban J connectivity index is 1.72. The summed E-state index contributed by atoms with van der Waals surface area (Å²) in [4.78, 5) is 17.8. The van der Waals surface area contributed by atoms with Gasteiger partial charge in [0.25, 0.3) is 0 Å². The molecule has 0 unspecified atom stereocenters. The number of amides is 1. The minimum absolute atomic E-state index is 0.0451. The topological polar surface area (TPSA) is 72.7 Å². The summed E-state index contributed by atoms with van der Waals surface area (Å²) in [7, 11) is 0. The van der Waals surface area contributed by atoms with Crippen LogP contribution in [-0.2, 0) is 11.3 Å². The van der Waals surface area contributed by atoms with Gasteiger partial charge in [-0.2, -0.15) is 0 Å². The van der Waals surface area contributed by atoms with Crippen LogP contribution in [0.15, 0.2) is 30.6 Å². The molecule has 0 aliphatic carbocycles. The van der Waals surface area contributed by atoms with Crippen LogP contribution in [0, 0.1) is 0 Å². The maximum atomic E-state index is 12.5. The molecule has 0 aliphatic heterocycles. The summed E-state index contributed by atoms with van der Waals surface area (Å²) >= 11 is 1.34. The van der Waals surface area contributed by atoms with Gasteiger partial charge in [-0.15, -0.1) is 5.10 Å². The van der Waals surface area contributed by atoms with E-state index < -0.39 is 0 Å². The average Bonchev–Trinajstić information content (AvgIpc) is 3.18. The smallest absolute Gasteiger partial charge is 0.243 e. The molecule has 1 atom stereocenters. The van der Waals surface area contributed by atoms with Crippen molar-refractivity contribution < 1.29 is 4.79 Å². The number of benzene rings is 1. The predicted molar refractivity (Wildman–Crippen MR) is 90.3 cm³/mol. The number of imidazole rings is 1. The van der Waals surface area contributed by atoms with Crippen LogP contribution >= 0.6 is 11.5 Å². The first kappa shape index (κ1) is 15.6.